The number of amides is 1. The summed E-state index contributed by atoms with van der Waals surface area (Å²) in [7, 11) is 0. The lowest BCUT2D eigenvalue weighted by Crippen LogP contribution is -2.17. The quantitative estimate of drug-likeness (QED) is 0.815. The third kappa shape index (κ3) is 5.00. The van der Waals surface area contributed by atoms with E-state index in [-0.39, 0.29) is 24.7 Å². The number of nitrogens with one attached hydrogen (secondary N) is 1. The minimum Gasteiger partial charge on any atom is -0.481 e. The number of carboxylic acids is 1. The van der Waals surface area contributed by atoms with Gasteiger partial charge in [-0.3, -0.25) is 9.59 Å². The molecule has 2 rings (SSSR count). The normalized spacial score (nSPS) is 11.7. The van der Waals surface area contributed by atoms with Crippen LogP contribution in [-0.4, -0.2) is 17.0 Å². The van der Waals surface area contributed by atoms with Crippen molar-refractivity contribution < 1.29 is 14.7 Å². The third-order valence-electron chi connectivity index (χ3n) is 3.25. The predicted octanol–water partition coefficient (Wildman–Crippen LogP) is 4.04. The highest BCUT2D eigenvalue weighted by molar-refractivity contribution is 9.10. The first-order valence-electron chi connectivity index (χ1n) is 6.87. The number of hydrogen-bond donors (Lipinski definition) is 2. The minimum atomic E-state index is -0.912. The number of carbonyl (C=O) groups excluding carboxylic acids is 1. The molecule has 114 valence electrons. The van der Waals surface area contributed by atoms with Crippen LogP contribution in [0.1, 0.15) is 24.3 Å². The second-order valence-corrected chi connectivity index (χ2v) is 5.88. The molecule has 0 saturated heterocycles. The molecule has 0 aliphatic heterocycles. The van der Waals surface area contributed by atoms with Gasteiger partial charge in [0.2, 0.25) is 5.91 Å². The van der Waals surface area contributed by atoms with Crippen LogP contribution in [0.25, 0.3) is 0 Å². The van der Waals surface area contributed by atoms with Crippen molar-refractivity contribution in [1.29, 1.82) is 0 Å². The third-order valence-corrected chi connectivity index (χ3v) is 3.78. The molecular weight excluding hydrogens is 346 g/mol. The summed E-state index contributed by atoms with van der Waals surface area (Å²) in [5, 5.41) is 11.8. The zero-order valence-electron chi connectivity index (χ0n) is 11.8. The van der Waals surface area contributed by atoms with E-state index in [1.165, 1.54) is 0 Å². The fourth-order valence-corrected chi connectivity index (χ4v) is 2.48. The number of anilines is 1. The molecule has 2 aromatic rings. The Morgan fingerprint density at radius 3 is 2.23 bits per heavy atom. The molecule has 0 radical (unpaired) electrons. The molecule has 1 atom stereocenters. The summed E-state index contributed by atoms with van der Waals surface area (Å²) in [6, 6.07) is 16.5. The molecule has 2 N–H and O–H groups in total. The Labute approximate surface area is 137 Å². The predicted molar refractivity (Wildman–Crippen MR) is 88.8 cm³/mol. The first-order chi connectivity index (χ1) is 10.5. The van der Waals surface area contributed by atoms with E-state index in [1.54, 1.807) is 12.1 Å². The Hall–Kier alpha value is -2.14. The van der Waals surface area contributed by atoms with Gasteiger partial charge in [0.05, 0.1) is 6.42 Å². The summed E-state index contributed by atoms with van der Waals surface area (Å²) in [5.74, 6) is -1.45. The van der Waals surface area contributed by atoms with Gasteiger partial charge in [0.25, 0.3) is 0 Å². The molecule has 1 amide bonds. The number of aliphatic carboxylic acids is 1. The van der Waals surface area contributed by atoms with Crippen molar-refractivity contribution in [1.82, 2.24) is 0 Å². The maximum atomic E-state index is 12.1. The second-order valence-electron chi connectivity index (χ2n) is 4.96. The van der Waals surface area contributed by atoms with Gasteiger partial charge in [0.15, 0.2) is 0 Å². The molecule has 2 aromatic carbocycles. The van der Waals surface area contributed by atoms with Crippen LogP contribution in [0.5, 0.6) is 0 Å². The molecule has 0 aliphatic carbocycles. The smallest absolute Gasteiger partial charge is 0.303 e. The van der Waals surface area contributed by atoms with Crippen LogP contribution in [0.3, 0.4) is 0 Å². The molecule has 0 saturated carbocycles. The summed E-state index contributed by atoms with van der Waals surface area (Å²) in [6.07, 6.45) is 0.0597. The van der Waals surface area contributed by atoms with Crippen LogP contribution >= 0.6 is 15.9 Å². The summed E-state index contributed by atoms with van der Waals surface area (Å²) in [5.41, 5.74) is 1.55. The van der Waals surface area contributed by atoms with Gasteiger partial charge in [0, 0.05) is 22.5 Å². The fraction of sp³-hybridized carbons (Fsp3) is 0.176. The number of benzene rings is 2. The highest BCUT2D eigenvalue weighted by Crippen LogP contribution is 2.24. The van der Waals surface area contributed by atoms with Crippen LogP contribution < -0.4 is 5.32 Å². The van der Waals surface area contributed by atoms with Gasteiger partial charge in [-0.05, 0) is 29.8 Å². The van der Waals surface area contributed by atoms with Gasteiger partial charge in [0.1, 0.15) is 0 Å². The number of rotatable bonds is 6. The van der Waals surface area contributed by atoms with Gasteiger partial charge in [-0.2, -0.15) is 0 Å². The zero-order chi connectivity index (χ0) is 15.9. The summed E-state index contributed by atoms with van der Waals surface area (Å²) in [6.45, 7) is 0. The van der Waals surface area contributed by atoms with Crippen LogP contribution in [0.2, 0.25) is 0 Å². The van der Waals surface area contributed by atoms with E-state index in [2.05, 4.69) is 21.2 Å². The van der Waals surface area contributed by atoms with E-state index in [0.717, 1.165) is 10.0 Å². The van der Waals surface area contributed by atoms with Crippen molar-refractivity contribution in [2.75, 3.05) is 5.32 Å². The molecule has 0 bridgehead atoms. The van der Waals surface area contributed by atoms with Crippen molar-refractivity contribution in [3.05, 3.63) is 64.6 Å². The first kappa shape index (κ1) is 16.2. The molecule has 0 heterocycles. The van der Waals surface area contributed by atoms with Crippen molar-refractivity contribution in [3.8, 4) is 0 Å². The average molecular weight is 362 g/mol. The van der Waals surface area contributed by atoms with Crippen molar-refractivity contribution >= 4 is 33.5 Å². The molecular formula is C17H16BrNO3. The molecule has 0 aromatic heterocycles. The average Bonchev–Trinajstić information content (AvgIpc) is 2.49. The second kappa shape index (κ2) is 7.75. The van der Waals surface area contributed by atoms with E-state index in [9.17, 15) is 9.59 Å². The molecule has 0 aliphatic rings. The highest BCUT2D eigenvalue weighted by atomic mass is 79.9. The van der Waals surface area contributed by atoms with Gasteiger partial charge >= 0.3 is 5.97 Å². The molecule has 0 spiro atoms. The lowest BCUT2D eigenvalue weighted by molar-refractivity contribution is -0.137. The molecule has 22 heavy (non-hydrogen) atoms. The highest BCUT2D eigenvalue weighted by Gasteiger charge is 2.19. The maximum absolute atomic E-state index is 12.1. The van der Waals surface area contributed by atoms with E-state index >= 15 is 0 Å². The van der Waals surface area contributed by atoms with Crippen LogP contribution in [0.4, 0.5) is 5.69 Å². The molecule has 1 unspecified atom stereocenters. The van der Waals surface area contributed by atoms with Crippen molar-refractivity contribution in [2.24, 2.45) is 0 Å². The van der Waals surface area contributed by atoms with Crippen molar-refractivity contribution in [3.63, 3.8) is 0 Å². The number of carbonyl (C=O) groups is 2. The van der Waals surface area contributed by atoms with E-state index in [0.29, 0.717) is 5.69 Å². The van der Waals surface area contributed by atoms with Gasteiger partial charge in [-0.25, -0.2) is 0 Å². The summed E-state index contributed by atoms with van der Waals surface area (Å²) in [4.78, 5) is 23.2. The monoisotopic (exact) mass is 361 g/mol. The maximum Gasteiger partial charge on any atom is 0.303 e. The Bertz CT molecular complexity index is 641. The Balaban J connectivity index is 2.04. The molecule has 4 nitrogen and oxygen atoms in total. The number of halogens is 1. The number of carboxylic acid groups (broad SMARTS) is 1. The van der Waals surface area contributed by atoms with Gasteiger partial charge in [-0.15, -0.1) is 0 Å². The van der Waals surface area contributed by atoms with Crippen LogP contribution in [0, 0.1) is 0 Å². The Morgan fingerprint density at radius 2 is 1.64 bits per heavy atom. The van der Waals surface area contributed by atoms with Gasteiger partial charge < -0.3 is 10.4 Å². The topological polar surface area (TPSA) is 66.4 Å². The van der Waals surface area contributed by atoms with Crippen molar-refractivity contribution in [2.45, 2.75) is 18.8 Å². The van der Waals surface area contributed by atoms with Gasteiger partial charge in [-0.1, -0.05) is 46.3 Å². The van der Waals surface area contributed by atoms with Crippen LogP contribution in [-0.2, 0) is 9.59 Å². The Morgan fingerprint density at radius 1 is 1.00 bits per heavy atom. The standard InChI is InChI=1S/C17H16BrNO3/c18-14-6-8-15(9-7-14)19-16(20)10-13(11-17(21)22)12-4-2-1-3-5-12/h1-9,13H,10-11H2,(H,19,20)(H,21,22). The summed E-state index contributed by atoms with van der Waals surface area (Å²) < 4.78 is 0.929. The zero-order valence-corrected chi connectivity index (χ0v) is 13.4. The van der Waals surface area contributed by atoms with E-state index < -0.39 is 5.97 Å². The lowest BCUT2D eigenvalue weighted by Gasteiger charge is -2.15. The fourth-order valence-electron chi connectivity index (χ4n) is 2.21. The first-order valence-corrected chi connectivity index (χ1v) is 7.66. The minimum absolute atomic E-state index is 0.0717. The lowest BCUT2D eigenvalue weighted by atomic mass is 9.92. The SMILES string of the molecule is O=C(O)CC(CC(=O)Nc1ccc(Br)cc1)c1ccccc1. The molecule has 0 fully saturated rings. The van der Waals surface area contributed by atoms with E-state index in [4.69, 9.17) is 5.11 Å². The largest absolute Gasteiger partial charge is 0.481 e. The Kier molecular flexibility index (Phi) is 5.72. The molecule has 5 heteroatoms. The van der Waals surface area contributed by atoms with E-state index in [1.807, 2.05) is 42.5 Å². The van der Waals surface area contributed by atoms with Crippen LogP contribution in [0.15, 0.2) is 59.1 Å². The summed E-state index contributed by atoms with van der Waals surface area (Å²) >= 11 is 3.33. The number of hydrogen-bond acceptors (Lipinski definition) is 2.